The zero-order valence-electron chi connectivity index (χ0n) is 13.7. The maximum Gasteiger partial charge on any atom is 0.307 e. The highest BCUT2D eigenvalue weighted by Crippen LogP contribution is 2.27. The number of esters is 1. The SMILES string of the molecule is COC(=O)CC(NCc1ccccc1)c1cccc2ccccc12. The van der Waals surface area contributed by atoms with E-state index in [1.165, 1.54) is 18.1 Å². The van der Waals surface area contributed by atoms with Crippen LogP contribution < -0.4 is 5.32 Å². The summed E-state index contributed by atoms with van der Waals surface area (Å²) in [6.07, 6.45) is 0.303. The van der Waals surface area contributed by atoms with Gasteiger partial charge in [0.05, 0.1) is 13.5 Å². The predicted molar refractivity (Wildman–Crippen MR) is 96.6 cm³/mol. The fourth-order valence-corrected chi connectivity index (χ4v) is 2.93. The molecule has 0 aliphatic carbocycles. The first kappa shape index (κ1) is 16.2. The normalized spacial score (nSPS) is 12.0. The molecular weight excluding hydrogens is 298 g/mol. The Balaban J connectivity index is 1.89. The zero-order valence-corrected chi connectivity index (χ0v) is 13.7. The molecule has 0 aliphatic heterocycles. The first-order chi connectivity index (χ1) is 11.8. The van der Waals surface area contributed by atoms with Crippen molar-refractivity contribution in [1.29, 1.82) is 0 Å². The number of methoxy groups -OCH3 is 1. The van der Waals surface area contributed by atoms with Crippen molar-refractivity contribution in [2.45, 2.75) is 19.0 Å². The lowest BCUT2D eigenvalue weighted by Crippen LogP contribution is -2.24. The molecule has 1 N–H and O–H groups in total. The third-order valence-corrected chi connectivity index (χ3v) is 4.19. The van der Waals surface area contributed by atoms with E-state index >= 15 is 0 Å². The van der Waals surface area contributed by atoms with Gasteiger partial charge in [0, 0.05) is 12.6 Å². The summed E-state index contributed by atoms with van der Waals surface area (Å²) in [5.41, 5.74) is 2.31. The van der Waals surface area contributed by atoms with Crippen LogP contribution in [0, 0.1) is 0 Å². The van der Waals surface area contributed by atoms with Crippen molar-refractivity contribution in [3.05, 3.63) is 83.9 Å². The first-order valence-electron chi connectivity index (χ1n) is 8.09. The summed E-state index contributed by atoms with van der Waals surface area (Å²) in [6, 6.07) is 24.5. The number of benzene rings is 3. The highest BCUT2D eigenvalue weighted by atomic mass is 16.5. The first-order valence-corrected chi connectivity index (χ1v) is 8.09. The Hall–Kier alpha value is -2.65. The number of rotatable bonds is 6. The molecule has 0 fully saturated rings. The van der Waals surface area contributed by atoms with Crippen LogP contribution in [-0.2, 0) is 16.1 Å². The Morgan fingerprint density at radius 3 is 2.46 bits per heavy atom. The van der Waals surface area contributed by atoms with Gasteiger partial charge in [-0.25, -0.2) is 0 Å². The molecule has 3 rings (SSSR count). The molecule has 3 aromatic rings. The zero-order chi connectivity index (χ0) is 16.8. The molecule has 0 saturated carbocycles. The molecule has 0 aliphatic rings. The number of hydrogen-bond donors (Lipinski definition) is 1. The van der Waals surface area contributed by atoms with Crippen LogP contribution in [0.25, 0.3) is 10.8 Å². The van der Waals surface area contributed by atoms with E-state index in [9.17, 15) is 4.79 Å². The molecule has 0 heterocycles. The average Bonchev–Trinajstić information content (AvgIpc) is 2.65. The summed E-state index contributed by atoms with van der Waals surface area (Å²) in [7, 11) is 1.43. The van der Waals surface area contributed by atoms with E-state index in [0.717, 1.165) is 10.9 Å². The third-order valence-electron chi connectivity index (χ3n) is 4.19. The van der Waals surface area contributed by atoms with E-state index in [2.05, 4.69) is 41.7 Å². The average molecular weight is 319 g/mol. The lowest BCUT2D eigenvalue weighted by Gasteiger charge is -2.20. The quantitative estimate of drug-likeness (QED) is 0.691. The maximum absolute atomic E-state index is 11.9. The van der Waals surface area contributed by atoms with Crippen molar-refractivity contribution in [2.75, 3.05) is 7.11 Å². The lowest BCUT2D eigenvalue weighted by molar-refractivity contribution is -0.141. The molecule has 0 aromatic heterocycles. The van der Waals surface area contributed by atoms with Crippen molar-refractivity contribution in [3.63, 3.8) is 0 Å². The fourth-order valence-electron chi connectivity index (χ4n) is 2.93. The molecule has 122 valence electrons. The number of carbonyl (C=O) groups is 1. The van der Waals surface area contributed by atoms with Crippen LogP contribution in [0.2, 0.25) is 0 Å². The van der Waals surface area contributed by atoms with Gasteiger partial charge >= 0.3 is 5.97 Å². The minimum Gasteiger partial charge on any atom is -0.469 e. The van der Waals surface area contributed by atoms with Gasteiger partial charge in [0.15, 0.2) is 0 Å². The molecule has 3 heteroatoms. The molecule has 0 saturated heterocycles. The van der Waals surface area contributed by atoms with Gasteiger partial charge in [-0.2, -0.15) is 0 Å². The van der Waals surface area contributed by atoms with Gasteiger partial charge in [-0.15, -0.1) is 0 Å². The van der Waals surface area contributed by atoms with Crippen molar-refractivity contribution in [1.82, 2.24) is 5.32 Å². The molecule has 3 nitrogen and oxygen atoms in total. The van der Waals surface area contributed by atoms with Crippen molar-refractivity contribution in [3.8, 4) is 0 Å². The summed E-state index contributed by atoms with van der Waals surface area (Å²) in [6.45, 7) is 0.700. The predicted octanol–water partition coefficient (Wildman–Crippen LogP) is 4.23. The van der Waals surface area contributed by atoms with E-state index in [1.54, 1.807) is 0 Å². The summed E-state index contributed by atoms with van der Waals surface area (Å²) >= 11 is 0. The van der Waals surface area contributed by atoms with Crippen LogP contribution in [0.1, 0.15) is 23.6 Å². The van der Waals surface area contributed by atoms with Crippen molar-refractivity contribution < 1.29 is 9.53 Å². The molecule has 0 bridgehead atoms. The molecule has 0 amide bonds. The minimum absolute atomic E-state index is 0.0937. The Morgan fingerprint density at radius 2 is 1.67 bits per heavy atom. The number of ether oxygens (including phenoxy) is 1. The van der Waals surface area contributed by atoms with E-state index < -0.39 is 0 Å². The molecular formula is C21H21NO2. The van der Waals surface area contributed by atoms with E-state index in [-0.39, 0.29) is 12.0 Å². The fraction of sp³-hybridized carbons (Fsp3) is 0.190. The van der Waals surface area contributed by atoms with Crippen LogP contribution in [0.5, 0.6) is 0 Å². The summed E-state index contributed by atoms with van der Waals surface area (Å²) in [5, 5.41) is 5.84. The van der Waals surface area contributed by atoms with Crippen molar-refractivity contribution in [2.24, 2.45) is 0 Å². The van der Waals surface area contributed by atoms with E-state index in [4.69, 9.17) is 4.74 Å². The van der Waals surface area contributed by atoms with Crippen molar-refractivity contribution >= 4 is 16.7 Å². The number of hydrogen-bond acceptors (Lipinski definition) is 3. The second kappa shape index (κ2) is 7.75. The number of fused-ring (bicyclic) bond motifs is 1. The second-order valence-electron chi connectivity index (χ2n) is 5.77. The molecule has 24 heavy (non-hydrogen) atoms. The monoisotopic (exact) mass is 319 g/mol. The molecule has 1 unspecified atom stereocenters. The van der Waals surface area contributed by atoms with Gasteiger partial charge in [0.2, 0.25) is 0 Å². The van der Waals surface area contributed by atoms with Gasteiger partial charge < -0.3 is 10.1 Å². The Morgan fingerprint density at radius 1 is 0.958 bits per heavy atom. The largest absolute Gasteiger partial charge is 0.469 e. The summed E-state index contributed by atoms with van der Waals surface area (Å²) < 4.78 is 4.89. The van der Waals surface area contributed by atoms with E-state index in [1.807, 2.05) is 36.4 Å². The van der Waals surface area contributed by atoms with Crippen LogP contribution in [0.15, 0.2) is 72.8 Å². The third kappa shape index (κ3) is 3.81. The van der Waals surface area contributed by atoms with Crippen LogP contribution in [0.4, 0.5) is 0 Å². The number of nitrogens with one attached hydrogen (secondary N) is 1. The standard InChI is InChI=1S/C21H21NO2/c1-24-21(23)14-20(22-15-16-8-3-2-4-9-16)19-13-7-11-17-10-5-6-12-18(17)19/h2-13,20,22H,14-15H2,1H3. The number of carbonyl (C=O) groups excluding carboxylic acids is 1. The molecule has 0 radical (unpaired) electrons. The highest BCUT2D eigenvalue weighted by molar-refractivity contribution is 5.86. The molecule has 0 spiro atoms. The highest BCUT2D eigenvalue weighted by Gasteiger charge is 2.18. The molecule has 3 aromatic carbocycles. The summed E-state index contributed by atoms with van der Waals surface area (Å²) in [4.78, 5) is 11.9. The Bertz CT molecular complexity index is 809. The van der Waals surface area contributed by atoms with Crippen LogP contribution in [-0.4, -0.2) is 13.1 Å². The van der Waals surface area contributed by atoms with Gasteiger partial charge in [0.1, 0.15) is 0 Å². The Labute approximate surface area is 142 Å². The van der Waals surface area contributed by atoms with Gasteiger partial charge in [-0.05, 0) is 21.9 Å². The van der Waals surface area contributed by atoms with Crippen LogP contribution in [0.3, 0.4) is 0 Å². The lowest BCUT2D eigenvalue weighted by atomic mass is 9.96. The van der Waals surface area contributed by atoms with E-state index in [0.29, 0.717) is 13.0 Å². The van der Waals surface area contributed by atoms with Gasteiger partial charge in [0.25, 0.3) is 0 Å². The van der Waals surface area contributed by atoms with Crippen LogP contribution >= 0.6 is 0 Å². The summed E-state index contributed by atoms with van der Waals surface area (Å²) in [5.74, 6) is -0.214. The van der Waals surface area contributed by atoms with Gasteiger partial charge in [-0.3, -0.25) is 4.79 Å². The topological polar surface area (TPSA) is 38.3 Å². The smallest absolute Gasteiger partial charge is 0.307 e. The Kier molecular flexibility index (Phi) is 5.24. The molecule has 1 atom stereocenters. The maximum atomic E-state index is 11.9. The second-order valence-corrected chi connectivity index (χ2v) is 5.77. The minimum atomic E-state index is -0.214. The van der Waals surface area contributed by atoms with Gasteiger partial charge in [-0.1, -0.05) is 72.8 Å².